The minimum Gasteiger partial charge on any atom is -0.363 e. The van der Waals surface area contributed by atoms with E-state index in [1.807, 2.05) is 12.1 Å². The van der Waals surface area contributed by atoms with E-state index in [2.05, 4.69) is 58.3 Å². The van der Waals surface area contributed by atoms with Crippen molar-refractivity contribution in [2.75, 3.05) is 31.1 Å². The first kappa shape index (κ1) is 17.0. The van der Waals surface area contributed by atoms with E-state index in [9.17, 15) is 10.1 Å². The molecule has 1 saturated heterocycles. The van der Waals surface area contributed by atoms with Crippen molar-refractivity contribution in [2.24, 2.45) is 0 Å². The lowest BCUT2D eigenvalue weighted by atomic mass is 10.0. The average molecular weight is 371 g/mol. The molecule has 3 aromatic rings. The van der Waals surface area contributed by atoms with Crippen LogP contribution in [0, 0.1) is 10.1 Å². The fourth-order valence-electron chi connectivity index (χ4n) is 4.63. The molecule has 0 unspecified atom stereocenters. The monoisotopic (exact) mass is 371 g/mol. The van der Waals surface area contributed by atoms with Crippen molar-refractivity contribution in [3.8, 4) is 11.1 Å². The van der Waals surface area contributed by atoms with Crippen LogP contribution in [-0.4, -0.2) is 36.0 Å². The van der Waals surface area contributed by atoms with Crippen LogP contribution in [0.3, 0.4) is 0 Å². The van der Waals surface area contributed by atoms with Gasteiger partial charge in [-0.2, -0.15) is 0 Å². The fraction of sp³-hybridized carbons (Fsp3) is 0.217. The lowest BCUT2D eigenvalue weighted by Gasteiger charge is -2.39. The molecule has 0 aromatic heterocycles. The molecule has 2 aliphatic rings. The number of nitro groups is 1. The molecule has 1 aliphatic heterocycles. The summed E-state index contributed by atoms with van der Waals surface area (Å²) in [7, 11) is 0. The number of fused-ring (bicyclic) bond motifs is 3. The summed E-state index contributed by atoms with van der Waals surface area (Å²) in [5.41, 5.74) is 6.28. The Morgan fingerprint density at radius 2 is 1.29 bits per heavy atom. The summed E-state index contributed by atoms with van der Waals surface area (Å²) >= 11 is 0. The first-order valence-electron chi connectivity index (χ1n) is 9.64. The molecule has 1 aliphatic carbocycles. The number of para-hydroxylation sites is 2. The molecule has 5 rings (SSSR count). The Hall–Kier alpha value is -3.18. The smallest absolute Gasteiger partial charge is 0.292 e. The van der Waals surface area contributed by atoms with Crippen LogP contribution in [0.2, 0.25) is 0 Å². The van der Waals surface area contributed by atoms with Gasteiger partial charge in [-0.3, -0.25) is 15.0 Å². The van der Waals surface area contributed by atoms with E-state index in [1.54, 1.807) is 12.1 Å². The van der Waals surface area contributed by atoms with Gasteiger partial charge in [0.25, 0.3) is 5.69 Å². The van der Waals surface area contributed by atoms with Crippen molar-refractivity contribution in [1.82, 2.24) is 4.90 Å². The zero-order valence-electron chi connectivity index (χ0n) is 15.5. The van der Waals surface area contributed by atoms with Gasteiger partial charge in [-0.05, 0) is 28.3 Å². The molecule has 0 N–H and O–H groups in total. The van der Waals surface area contributed by atoms with Gasteiger partial charge in [-0.1, -0.05) is 60.7 Å². The van der Waals surface area contributed by atoms with E-state index in [0.717, 1.165) is 31.9 Å². The Morgan fingerprint density at radius 3 is 1.89 bits per heavy atom. The zero-order valence-corrected chi connectivity index (χ0v) is 15.5. The standard InChI is InChI=1S/C23H21N3O2/c27-26(28)22-12-6-5-11-21(22)24-13-15-25(16-14-24)23-19-9-3-1-7-17(19)18-8-2-4-10-20(18)23/h1-12,23H,13-16H2. The van der Waals surface area contributed by atoms with E-state index >= 15 is 0 Å². The van der Waals surface area contributed by atoms with Gasteiger partial charge in [0.2, 0.25) is 0 Å². The highest BCUT2D eigenvalue weighted by atomic mass is 16.6. The zero-order chi connectivity index (χ0) is 19.1. The average Bonchev–Trinajstić information content (AvgIpc) is 3.08. The van der Waals surface area contributed by atoms with Crippen molar-refractivity contribution in [3.05, 3.63) is 94.0 Å². The molecule has 5 nitrogen and oxygen atoms in total. The van der Waals surface area contributed by atoms with Crippen molar-refractivity contribution in [1.29, 1.82) is 0 Å². The highest BCUT2D eigenvalue weighted by Crippen LogP contribution is 2.46. The Morgan fingerprint density at radius 1 is 0.750 bits per heavy atom. The second kappa shape index (κ2) is 6.77. The summed E-state index contributed by atoms with van der Waals surface area (Å²) in [6.45, 7) is 3.32. The maximum absolute atomic E-state index is 11.4. The van der Waals surface area contributed by atoms with Gasteiger partial charge in [0, 0.05) is 32.2 Å². The number of hydrogen-bond donors (Lipinski definition) is 0. The minimum atomic E-state index is -0.287. The Labute approximate surface area is 164 Å². The SMILES string of the molecule is O=[N+]([O-])c1ccccc1N1CCN(C2c3ccccc3-c3ccccc32)CC1. The molecular weight excluding hydrogens is 350 g/mol. The number of anilines is 1. The molecule has 1 fully saturated rings. The number of rotatable bonds is 3. The summed E-state index contributed by atoms with van der Waals surface area (Å²) in [6, 6.07) is 24.6. The van der Waals surface area contributed by atoms with Crippen molar-refractivity contribution in [3.63, 3.8) is 0 Å². The third-order valence-corrected chi connectivity index (χ3v) is 5.90. The number of benzene rings is 3. The maximum Gasteiger partial charge on any atom is 0.292 e. The van der Waals surface area contributed by atoms with Gasteiger partial charge in [-0.15, -0.1) is 0 Å². The molecule has 28 heavy (non-hydrogen) atoms. The normalized spacial score (nSPS) is 16.6. The van der Waals surface area contributed by atoms with Gasteiger partial charge in [-0.25, -0.2) is 0 Å². The Balaban J connectivity index is 1.42. The van der Waals surface area contributed by atoms with Crippen LogP contribution < -0.4 is 4.90 Å². The van der Waals surface area contributed by atoms with E-state index in [1.165, 1.54) is 22.3 Å². The molecule has 140 valence electrons. The fourth-order valence-corrected chi connectivity index (χ4v) is 4.63. The first-order chi connectivity index (χ1) is 13.7. The molecule has 1 heterocycles. The second-order valence-electron chi connectivity index (χ2n) is 7.35. The molecule has 0 spiro atoms. The van der Waals surface area contributed by atoms with Crippen LogP contribution in [-0.2, 0) is 0 Å². The Bertz CT molecular complexity index is 996. The summed E-state index contributed by atoms with van der Waals surface area (Å²) in [5.74, 6) is 0. The van der Waals surface area contributed by atoms with Crippen LogP contribution in [0.25, 0.3) is 11.1 Å². The molecule has 3 aromatic carbocycles. The van der Waals surface area contributed by atoms with E-state index in [0.29, 0.717) is 0 Å². The van der Waals surface area contributed by atoms with E-state index in [-0.39, 0.29) is 16.7 Å². The summed E-state index contributed by atoms with van der Waals surface area (Å²) in [5, 5.41) is 11.4. The number of nitrogens with zero attached hydrogens (tertiary/aromatic N) is 3. The van der Waals surface area contributed by atoms with Gasteiger partial charge in [0.15, 0.2) is 0 Å². The summed E-state index contributed by atoms with van der Waals surface area (Å²) in [6.07, 6.45) is 0. The number of hydrogen-bond acceptors (Lipinski definition) is 4. The predicted molar refractivity (Wildman–Crippen MR) is 111 cm³/mol. The number of piperazine rings is 1. The molecule has 0 amide bonds. The largest absolute Gasteiger partial charge is 0.363 e. The molecule has 0 radical (unpaired) electrons. The van der Waals surface area contributed by atoms with Gasteiger partial charge in [0.1, 0.15) is 5.69 Å². The van der Waals surface area contributed by atoms with E-state index < -0.39 is 0 Å². The highest BCUT2D eigenvalue weighted by molar-refractivity contribution is 5.78. The van der Waals surface area contributed by atoms with Crippen LogP contribution >= 0.6 is 0 Å². The van der Waals surface area contributed by atoms with E-state index in [4.69, 9.17) is 0 Å². The van der Waals surface area contributed by atoms with Crippen LogP contribution in [0.5, 0.6) is 0 Å². The Kier molecular flexibility index (Phi) is 4.10. The summed E-state index contributed by atoms with van der Waals surface area (Å²) < 4.78 is 0. The van der Waals surface area contributed by atoms with Crippen LogP contribution in [0.4, 0.5) is 11.4 Å². The van der Waals surface area contributed by atoms with Gasteiger partial charge < -0.3 is 4.90 Å². The van der Waals surface area contributed by atoms with Gasteiger partial charge in [0.05, 0.1) is 11.0 Å². The topological polar surface area (TPSA) is 49.6 Å². The predicted octanol–water partition coefficient (Wildman–Crippen LogP) is 4.49. The third kappa shape index (κ3) is 2.67. The molecular formula is C23H21N3O2. The second-order valence-corrected chi connectivity index (χ2v) is 7.35. The van der Waals surface area contributed by atoms with Gasteiger partial charge >= 0.3 is 0 Å². The van der Waals surface area contributed by atoms with Crippen LogP contribution in [0.15, 0.2) is 72.8 Å². The molecule has 0 bridgehead atoms. The van der Waals surface area contributed by atoms with Crippen molar-refractivity contribution in [2.45, 2.75) is 6.04 Å². The quantitative estimate of drug-likeness (QED) is 0.503. The molecule has 0 saturated carbocycles. The minimum absolute atomic E-state index is 0.188. The lowest BCUT2D eigenvalue weighted by molar-refractivity contribution is -0.384. The molecule has 5 heteroatoms. The van der Waals surface area contributed by atoms with Crippen molar-refractivity contribution < 1.29 is 4.92 Å². The third-order valence-electron chi connectivity index (χ3n) is 5.90. The highest BCUT2D eigenvalue weighted by Gasteiger charge is 2.34. The lowest BCUT2D eigenvalue weighted by Crippen LogP contribution is -2.47. The summed E-state index contributed by atoms with van der Waals surface area (Å²) in [4.78, 5) is 15.7. The first-order valence-corrected chi connectivity index (χ1v) is 9.64. The number of nitro benzene ring substituents is 1. The van der Waals surface area contributed by atoms with Crippen molar-refractivity contribution >= 4 is 11.4 Å². The maximum atomic E-state index is 11.4. The molecule has 0 atom stereocenters. The van der Waals surface area contributed by atoms with Crippen LogP contribution in [0.1, 0.15) is 17.2 Å².